The molecule has 21 heavy (non-hydrogen) atoms. The van der Waals surface area contributed by atoms with Gasteiger partial charge in [-0.15, -0.1) is 11.3 Å². The zero-order valence-electron chi connectivity index (χ0n) is 14.0. The van der Waals surface area contributed by atoms with Crippen molar-refractivity contribution < 1.29 is 4.74 Å². The van der Waals surface area contributed by atoms with E-state index in [9.17, 15) is 0 Å². The first kappa shape index (κ1) is 16.1. The first-order valence-electron chi connectivity index (χ1n) is 7.49. The molecule has 0 saturated heterocycles. The van der Waals surface area contributed by atoms with Gasteiger partial charge in [0.1, 0.15) is 12.4 Å². The SMILES string of the molecule is CC(C)(C)c1cc(COc2ccccc2)c(C(C)(C)C)s1. The summed E-state index contributed by atoms with van der Waals surface area (Å²) in [4.78, 5) is 2.86. The number of hydrogen-bond acceptors (Lipinski definition) is 2. The normalized spacial score (nSPS) is 12.5. The number of para-hydroxylation sites is 1. The number of ether oxygens (including phenoxy) is 1. The Morgan fingerprint density at radius 2 is 1.52 bits per heavy atom. The van der Waals surface area contributed by atoms with Crippen molar-refractivity contribution in [2.45, 2.75) is 59.0 Å². The van der Waals surface area contributed by atoms with E-state index in [0.717, 1.165) is 5.75 Å². The summed E-state index contributed by atoms with van der Waals surface area (Å²) in [5, 5.41) is 0. The average Bonchev–Trinajstić information content (AvgIpc) is 2.81. The fourth-order valence-electron chi connectivity index (χ4n) is 2.22. The Labute approximate surface area is 133 Å². The van der Waals surface area contributed by atoms with Crippen molar-refractivity contribution in [3.63, 3.8) is 0 Å². The van der Waals surface area contributed by atoms with Crippen LogP contribution >= 0.6 is 11.3 Å². The third kappa shape index (κ3) is 4.10. The van der Waals surface area contributed by atoms with E-state index in [0.29, 0.717) is 6.61 Å². The number of thiophene rings is 1. The van der Waals surface area contributed by atoms with Gasteiger partial charge in [-0.05, 0) is 29.0 Å². The van der Waals surface area contributed by atoms with Crippen molar-refractivity contribution in [3.05, 3.63) is 51.7 Å². The lowest BCUT2D eigenvalue weighted by molar-refractivity contribution is 0.303. The first-order valence-corrected chi connectivity index (χ1v) is 8.31. The third-order valence-corrected chi connectivity index (χ3v) is 5.40. The molecule has 0 atom stereocenters. The Hall–Kier alpha value is -1.28. The van der Waals surface area contributed by atoms with Crippen molar-refractivity contribution >= 4 is 11.3 Å². The monoisotopic (exact) mass is 302 g/mol. The molecular formula is C19H26OS. The minimum Gasteiger partial charge on any atom is -0.489 e. The van der Waals surface area contributed by atoms with Crippen LogP contribution in [0.2, 0.25) is 0 Å². The van der Waals surface area contributed by atoms with Gasteiger partial charge in [0.25, 0.3) is 0 Å². The van der Waals surface area contributed by atoms with Gasteiger partial charge in [-0.3, -0.25) is 0 Å². The predicted octanol–water partition coefficient (Wildman–Crippen LogP) is 5.92. The smallest absolute Gasteiger partial charge is 0.119 e. The van der Waals surface area contributed by atoms with Crippen molar-refractivity contribution in [2.24, 2.45) is 0 Å². The maximum Gasteiger partial charge on any atom is 0.119 e. The average molecular weight is 302 g/mol. The highest BCUT2D eigenvalue weighted by Crippen LogP contribution is 2.39. The van der Waals surface area contributed by atoms with E-state index in [1.54, 1.807) is 0 Å². The zero-order valence-corrected chi connectivity index (χ0v) is 14.8. The Morgan fingerprint density at radius 3 is 2.05 bits per heavy atom. The summed E-state index contributed by atoms with van der Waals surface area (Å²) in [6.07, 6.45) is 0. The van der Waals surface area contributed by atoms with Crippen LogP contribution in [0.3, 0.4) is 0 Å². The van der Waals surface area contributed by atoms with Crippen LogP contribution < -0.4 is 4.74 Å². The summed E-state index contributed by atoms with van der Waals surface area (Å²) in [6.45, 7) is 14.3. The summed E-state index contributed by atoms with van der Waals surface area (Å²) in [7, 11) is 0. The van der Waals surface area contributed by atoms with Gasteiger partial charge >= 0.3 is 0 Å². The standard InChI is InChI=1S/C19H26OS/c1-18(2,3)16-12-14(17(21-16)19(4,5)6)13-20-15-10-8-7-9-11-15/h7-12H,13H2,1-6H3. The molecule has 2 rings (SSSR count). The zero-order chi connectivity index (χ0) is 15.7. The van der Waals surface area contributed by atoms with Gasteiger partial charge in [0.2, 0.25) is 0 Å². The van der Waals surface area contributed by atoms with Gasteiger partial charge in [-0.1, -0.05) is 59.7 Å². The summed E-state index contributed by atoms with van der Waals surface area (Å²) >= 11 is 1.93. The highest BCUT2D eigenvalue weighted by Gasteiger charge is 2.25. The molecule has 0 fully saturated rings. The topological polar surface area (TPSA) is 9.23 Å². The summed E-state index contributed by atoms with van der Waals surface area (Å²) in [5.74, 6) is 0.931. The number of hydrogen-bond donors (Lipinski definition) is 0. The maximum absolute atomic E-state index is 5.96. The maximum atomic E-state index is 5.96. The lowest BCUT2D eigenvalue weighted by Crippen LogP contribution is -2.12. The Morgan fingerprint density at radius 1 is 0.905 bits per heavy atom. The van der Waals surface area contributed by atoms with Crippen molar-refractivity contribution in [3.8, 4) is 5.75 Å². The van der Waals surface area contributed by atoms with Crippen LogP contribution in [-0.4, -0.2) is 0 Å². The van der Waals surface area contributed by atoms with Gasteiger partial charge in [0.15, 0.2) is 0 Å². The van der Waals surface area contributed by atoms with E-state index in [4.69, 9.17) is 4.74 Å². The quantitative estimate of drug-likeness (QED) is 0.683. The van der Waals surface area contributed by atoms with Gasteiger partial charge in [0.05, 0.1) is 0 Å². The van der Waals surface area contributed by atoms with Gasteiger partial charge < -0.3 is 4.74 Å². The molecule has 1 nitrogen and oxygen atoms in total. The van der Waals surface area contributed by atoms with E-state index in [1.165, 1.54) is 15.3 Å². The molecule has 2 heteroatoms. The number of rotatable bonds is 3. The second kappa shape index (κ2) is 5.84. The largest absolute Gasteiger partial charge is 0.489 e. The van der Waals surface area contributed by atoms with Crippen LogP contribution in [0.5, 0.6) is 5.75 Å². The van der Waals surface area contributed by atoms with Crippen LogP contribution in [0.1, 0.15) is 56.9 Å². The summed E-state index contributed by atoms with van der Waals surface area (Å²) in [6, 6.07) is 12.4. The van der Waals surface area contributed by atoms with Crippen LogP contribution in [-0.2, 0) is 17.4 Å². The van der Waals surface area contributed by atoms with Crippen molar-refractivity contribution in [1.29, 1.82) is 0 Å². The minimum atomic E-state index is 0.156. The second-order valence-electron chi connectivity index (χ2n) is 7.57. The molecule has 0 radical (unpaired) electrons. The molecule has 1 aromatic heterocycles. The number of benzene rings is 1. The molecule has 1 aromatic carbocycles. The van der Waals surface area contributed by atoms with Gasteiger partial charge in [-0.25, -0.2) is 0 Å². The molecule has 0 aliphatic heterocycles. The van der Waals surface area contributed by atoms with Gasteiger partial charge in [-0.2, -0.15) is 0 Å². The first-order chi connectivity index (χ1) is 9.68. The summed E-state index contributed by atoms with van der Waals surface area (Å²) in [5.41, 5.74) is 1.67. The van der Waals surface area contributed by atoms with Crippen LogP contribution in [0, 0.1) is 0 Å². The molecule has 0 aliphatic rings. The highest BCUT2D eigenvalue weighted by molar-refractivity contribution is 7.12. The molecule has 2 aromatic rings. The Balaban J connectivity index is 2.27. The molecule has 0 amide bonds. The Kier molecular flexibility index (Phi) is 4.48. The molecular weight excluding hydrogens is 276 g/mol. The fourth-order valence-corrected chi connectivity index (χ4v) is 3.50. The third-order valence-electron chi connectivity index (χ3n) is 3.37. The second-order valence-corrected chi connectivity index (χ2v) is 8.62. The van der Waals surface area contributed by atoms with E-state index in [1.807, 2.05) is 41.7 Å². The van der Waals surface area contributed by atoms with Crippen molar-refractivity contribution in [1.82, 2.24) is 0 Å². The molecule has 0 spiro atoms. The lowest BCUT2D eigenvalue weighted by Gasteiger charge is -2.19. The molecule has 0 aliphatic carbocycles. The minimum absolute atomic E-state index is 0.156. The predicted molar refractivity (Wildman–Crippen MR) is 92.5 cm³/mol. The van der Waals surface area contributed by atoms with Crippen molar-refractivity contribution in [2.75, 3.05) is 0 Å². The molecule has 114 valence electrons. The van der Waals surface area contributed by atoms with Crippen LogP contribution in [0.25, 0.3) is 0 Å². The molecule has 0 N–H and O–H groups in total. The highest BCUT2D eigenvalue weighted by atomic mass is 32.1. The molecule has 1 heterocycles. The summed E-state index contributed by atoms with van der Waals surface area (Å²) < 4.78 is 5.96. The van der Waals surface area contributed by atoms with Gasteiger partial charge in [0, 0.05) is 15.3 Å². The van der Waals surface area contributed by atoms with E-state index in [-0.39, 0.29) is 10.8 Å². The van der Waals surface area contributed by atoms with E-state index >= 15 is 0 Å². The van der Waals surface area contributed by atoms with Crippen LogP contribution in [0.15, 0.2) is 36.4 Å². The molecule has 0 unspecified atom stereocenters. The fraction of sp³-hybridized carbons (Fsp3) is 0.474. The van der Waals surface area contributed by atoms with Crippen LogP contribution in [0.4, 0.5) is 0 Å². The molecule has 0 bridgehead atoms. The van der Waals surface area contributed by atoms with E-state index in [2.05, 4.69) is 47.6 Å². The lowest BCUT2D eigenvalue weighted by atomic mass is 9.90. The molecule has 0 saturated carbocycles. The Bertz CT molecular complexity index is 582. The van der Waals surface area contributed by atoms with E-state index < -0.39 is 0 Å².